The number of hydrogen-bond acceptors (Lipinski definition) is 8. The minimum Gasteiger partial charge on any atom is -0.504 e. The molecule has 0 saturated heterocycles. The van der Waals surface area contributed by atoms with Crippen LogP contribution in [0.2, 0.25) is 0 Å². The number of fused-ring (bicyclic) bond motifs is 3. The summed E-state index contributed by atoms with van der Waals surface area (Å²) in [6.45, 7) is 3.99. The number of nitrogens with two attached hydrogens (primary N) is 1. The lowest BCUT2D eigenvalue weighted by Gasteiger charge is -2.37. The highest BCUT2D eigenvalue weighted by atomic mass is 16.5. The zero-order valence-electron chi connectivity index (χ0n) is 30.9. The Bertz CT molecular complexity index is 1370. The van der Waals surface area contributed by atoms with Crippen LogP contribution in [0, 0.1) is 35.2 Å². The molecule has 3 saturated carbocycles. The smallest absolute Gasteiger partial charge is 0.208 e. The number of aliphatic hydroxyl groups excluding tert-OH is 3. The average molecular weight is 707 g/mol. The number of aliphatic hydroxyl groups is 5. The van der Waals surface area contributed by atoms with Crippen molar-refractivity contribution in [3.63, 3.8) is 0 Å². The van der Waals surface area contributed by atoms with Crippen molar-refractivity contribution in [1.29, 1.82) is 0 Å². The van der Waals surface area contributed by atoms with E-state index in [2.05, 4.69) is 17.5 Å². The second-order valence-electron chi connectivity index (χ2n) is 16.1. The molecule has 5 aliphatic rings. The first-order chi connectivity index (χ1) is 24.8. The lowest BCUT2D eigenvalue weighted by molar-refractivity contribution is -0.0552. The molecule has 6 atom stereocenters. The molecule has 3 aliphatic carbocycles. The Morgan fingerprint density at radius 2 is 1.92 bits per heavy atom. The van der Waals surface area contributed by atoms with Gasteiger partial charge in [0, 0.05) is 32.5 Å². The van der Waals surface area contributed by atoms with Gasteiger partial charge in [0.2, 0.25) is 5.70 Å². The summed E-state index contributed by atoms with van der Waals surface area (Å²) in [5, 5.41) is 45.5. The highest BCUT2D eigenvalue weighted by Crippen LogP contribution is 2.61. The lowest BCUT2D eigenvalue weighted by atomic mass is 9.66. The molecule has 8 N–H and O–H groups in total. The Kier molecular flexibility index (Phi) is 13.5. The normalized spacial score (nSPS) is 26.5. The van der Waals surface area contributed by atoms with Crippen molar-refractivity contribution in [2.45, 2.75) is 128 Å². The molecule has 3 fully saturated rings. The monoisotopic (exact) mass is 706 g/mol. The molecule has 0 amide bonds. The standard InChI is InChI=1S/C42H63N3O6/c1-28(47)24-44-25-34-32-10-9-11-35(32)42(17-6-7-18-42)23-37-33(34)22-36(45-37)39(49)27-50-41-20-29(14-16-38(41)48)13-15-31-21-30(26-46)40(51-31)12-5-3-2-4-8-19-43/h14,16,20-22,28,32,34-35,39-40,44,46-47,49,51H,2-13,15,17-19,23-27,43H2,1H3/p+1. The first kappa shape index (κ1) is 38.2. The third-order valence-corrected chi connectivity index (χ3v) is 12.5. The minimum absolute atomic E-state index is 0.00173. The van der Waals surface area contributed by atoms with Gasteiger partial charge in [-0.15, -0.1) is 16.6 Å². The quantitative estimate of drug-likeness (QED) is 0.0622. The Balaban J connectivity index is 1.05. The van der Waals surface area contributed by atoms with Crippen molar-refractivity contribution >= 4 is 5.71 Å². The summed E-state index contributed by atoms with van der Waals surface area (Å²) >= 11 is 0. The van der Waals surface area contributed by atoms with E-state index in [-0.39, 0.29) is 25.1 Å². The SMILES string of the molecule is CC(O)CNCC1[C+]2C=C(C(O)COc3cc(CC[C-]4C=C(CO)C(CCCCCCCN)[OH+]4)ccc3O)N=C2CC2(CCCC2)C2CCCC12. The number of aliphatic imine (C=N–C) groups is 1. The summed E-state index contributed by atoms with van der Waals surface area (Å²) in [5.74, 6) is 3.30. The van der Waals surface area contributed by atoms with Crippen LogP contribution in [0.25, 0.3) is 0 Å². The van der Waals surface area contributed by atoms with Gasteiger partial charge >= 0.3 is 0 Å². The van der Waals surface area contributed by atoms with Gasteiger partial charge in [0.15, 0.2) is 17.6 Å². The topological polar surface area (TPSA) is 153 Å². The summed E-state index contributed by atoms with van der Waals surface area (Å²) in [4.78, 5) is 5.12. The molecule has 1 aromatic carbocycles. The molecular formula is C42H64N3O6+. The van der Waals surface area contributed by atoms with Crippen molar-refractivity contribution in [2.75, 3.05) is 32.8 Å². The molecule has 2 heterocycles. The number of rotatable bonds is 19. The number of phenolic OH excluding ortho intramolecular Hbond substituents is 1. The Labute approximate surface area is 305 Å². The fourth-order valence-electron chi connectivity index (χ4n) is 9.93. The van der Waals surface area contributed by atoms with Crippen molar-refractivity contribution in [1.82, 2.24) is 5.32 Å². The zero-order valence-corrected chi connectivity index (χ0v) is 30.9. The van der Waals surface area contributed by atoms with E-state index in [0.717, 1.165) is 80.5 Å². The third kappa shape index (κ3) is 9.35. The van der Waals surface area contributed by atoms with Crippen LogP contribution in [0.4, 0.5) is 0 Å². The Morgan fingerprint density at radius 1 is 1.12 bits per heavy atom. The van der Waals surface area contributed by atoms with E-state index in [1.54, 1.807) is 6.07 Å². The van der Waals surface area contributed by atoms with Crippen LogP contribution < -0.4 is 15.8 Å². The van der Waals surface area contributed by atoms with Gasteiger partial charge in [-0.05, 0) is 99.8 Å². The lowest BCUT2D eigenvalue weighted by Crippen LogP contribution is -2.38. The fraction of sp³-hybridized carbons (Fsp3) is 0.690. The number of allylic oxidation sites excluding steroid dienone is 1. The maximum atomic E-state index is 11.4. The fourth-order valence-corrected chi connectivity index (χ4v) is 9.93. The predicted octanol–water partition coefficient (Wildman–Crippen LogP) is 5.60. The van der Waals surface area contributed by atoms with E-state index in [1.165, 1.54) is 70.1 Å². The van der Waals surface area contributed by atoms with E-state index in [4.69, 9.17) is 20.2 Å². The van der Waals surface area contributed by atoms with E-state index >= 15 is 0 Å². The molecule has 6 unspecified atom stereocenters. The Hall–Kier alpha value is -2.53. The largest absolute Gasteiger partial charge is 0.504 e. The number of nitrogens with one attached hydrogen (secondary N) is 1. The average Bonchev–Trinajstić information content (AvgIpc) is 3.94. The molecule has 0 bridgehead atoms. The van der Waals surface area contributed by atoms with Crippen LogP contribution in [-0.4, -0.2) is 82.0 Å². The number of benzene rings is 1. The van der Waals surface area contributed by atoms with Crippen molar-refractivity contribution in [3.8, 4) is 11.5 Å². The molecule has 0 radical (unpaired) electrons. The third-order valence-electron chi connectivity index (χ3n) is 12.5. The van der Waals surface area contributed by atoms with Crippen molar-refractivity contribution in [2.24, 2.45) is 33.9 Å². The summed E-state index contributed by atoms with van der Waals surface area (Å²) in [6, 6.07) is 5.41. The molecule has 6 rings (SSSR count). The first-order valence-corrected chi connectivity index (χ1v) is 20.1. The summed E-state index contributed by atoms with van der Waals surface area (Å²) in [7, 11) is 0. The van der Waals surface area contributed by atoms with Crippen LogP contribution in [0.15, 0.2) is 46.6 Å². The van der Waals surface area contributed by atoms with Gasteiger partial charge in [0.05, 0.1) is 18.1 Å². The van der Waals surface area contributed by atoms with Crippen LogP contribution in [-0.2, 0) is 6.42 Å². The summed E-state index contributed by atoms with van der Waals surface area (Å²) < 4.78 is 11.0. The molecule has 51 heavy (non-hydrogen) atoms. The predicted molar refractivity (Wildman–Crippen MR) is 202 cm³/mol. The molecule has 2 aliphatic heterocycles. The molecule has 1 spiro atoms. The molecule has 9 heteroatoms. The zero-order chi connectivity index (χ0) is 35.8. The maximum absolute atomic E-state index is 11.4. The van der Waals surface area contributed by atoms with Gasteiger partial charge in [-0.2, -0.15) is 0 Å². The maximum Gasteiger partial charge on any atom is 0.208 e. The minimum atomic E-state index is -0.919. The second-order valence-corrected chi connectivity index (χ2v) is 16.1. The highest BCUT2D eigenvalue weighted by molar-refractivity contribution is 6.03. The first-order valence-electron chi connectivity index (χ1n) is 20.1. The van der Waals surface area contributed by atoms with Gasteiger partial charge in [-0.3, -0.25) is 0 Å². The number of aryl methyl sites for hydroxylation is 1. The van der Waals surface area contributed by atoms with Crippen LogP contribution in [0.1, 0.15) is 109 Å². The molecule has 282 valence electrons. The van der Waals surface area contributed by atoms with E-state index in [1.807, 2.05) is 19.1 Å². The van der Waals surface area contributed by atoms with Crippen molar-refractivity contribution in [3.05, 3.63) is 59.2 Å². The van der Waals surface area contributed by atoms with Crippen LogP contribution in [0.3, 0.4) is 0 Å². The number of hydrogen-bond donors (Lipinski definition) is 6. The molecule has 0 aromatic heterocycles. The number of unbranched alkanes of at least 4 members (excludes halogenated alkanes) is 4. The van der Waals surface area contributed by atoms with Crippen LogP contribution in [0.5, 0.6) is 11.5 Å². The molecule has 1 aromatic rings. The highest BCUT2D eigenvalue weighted by Gasteiger charge is 2.58. The van der Waals surface area contributed by atoms with Crippen molar-refractivity contribution < 1.29 is 29.9 Å². The van der Waals surface area contributed by atoms with E-state index in [9.17, 15) is 20.4 Å². The summed E-state index contributed by atoms with van der Waals surface area (Å²) in [5.41, 5.74) is 9.73. The molecule has 9 nitrogen and oxygen atoms in total. The van der Waals surface area contributed by atoms with E-state index in [0.29, 0.717) is 35.2 Å². The number of aromatic hydroxyl groups is 1. The number of phenols is 1. The van der Waals surface area contributed by atoms with Gasteiger partial charge in [-0.1, -0.05) is 44.6 Å². The van der Waals surface area contributed by atoms with Gasteiger partial charge < -0.3 is 41.0 Å². The second kappa shape index (κ2) is 18.0. The van der Waals surface area contributed by atoms with Gasteiger partial charge in [0.1, 0.15) is 30.4 Å². The molecular weight excluding hydrogens is 642 g/mol. The number of nitrogens with zero attached hydrogens (tertiary/aromatic N) is 1. The van der Waals surface area contributed by atoms with Gasteiger partial charge in [-0.25, -0.2) is 0 Å². The van der Waals surface area contributed by atoms with E-state index < -0.39 is 12.2 Å². The van der Waals surface area contributed by atoms with Gasteiger partial charge in [0.25, 0.3) is 0 Å². The summed E-state index contributed by atoms with van der Waals surface area (Å²) in [6.07, 6.45) is 22.0. The Morgan fingerprint density at radius 3 is 2.71 bits per heavy atom. The number of ether oxygens (including phenoxy) is 2. The van der Waals surface area contributed by atoms with Crippen LogP contribution >= 0.6 is 0 Å².